The molecule has 0 saturated heterocycles. The van der Waals surface area contributed by atoms with E-state index in [2.05, 4.69) is 16.0 Å². The van der Waals surface area contributed by atoms with Crippen LogP contribution in [-0.2, 0) is 12.4 Å². The van der Waals surface area contributed by atoms with Gasteiger partial charge in [-0.1, -0.05) is 5.92 Å². The SMILES string of the molecule is C#CCn1cc(CCl)c(-c2cccnc2)n1. The third-order valence-corrected chi connectivity index (χ3v) is 2.46. The smallest absolute Gasteiger partial charge is 0.101 e. The number of rotatable bonds is 3. The summed E-state index contributed by atoms with van der Waals surface area (Å²) in [7, 11) is 0. The number of hydrogen-bond acceptors (Lipinski definition) is 2. The first-order valence-corrected chi connectivity index (χ1v) is 5.34. The summed E-state index contributed by atoms with van der Waals surface area (Å²) in [5.74, 6) is 2.95. The summed E-state index contributed by atoms with van der Waals surface area (Å²) >= 11 is 5.87. The molecular weight excluding hydrogens is 222 g/mol. The van der Waals surface area contributed by atoms with Gasteiger partial charge in [0.25, 0.3) is 0 Å². The van der Waals surface area contributed by atoms with Gasteiger partial charge in [0.1, 0.15) is 6.54 Å². The maximum Gasteiger partial charge on any atom is 0.101 e. The van der Waals surface area contributed by atoms with Crippen molar-refractivity contribution in [3.8, 4) is 23.6 Å². The standard InChI is InChI=1S/C12H10ClN3/c1-2-6-16-9-11(7-13)12(15-16)10-4-3-5-14-8-10/h1,3-5,8-9H,6-7H2. The Bertz CT molecular complexity index is 511. The summed E-state index contributed by atoms with van der Waals surface area (Å²) in [5.41, 5.74) is 2.76. The van der Waals surface area contributed by atoms with Gasteiger partial charge in [-0.3, -0.25) is 9.67 Å². The molecule has 0 unspecified atom stereocenters. The minimum absolute atomic E-state index is 0.412. The van der Waals surface area contributed by atoms with E-state index >= 15 is 0 Å². The summed E-state index contributed by atoms with van der Waals surface area (Å²) < 4.78 is 1.71. The molecule has 0 bridgehead atoms. The van der Waals surface area contributed by atoms with Crippen molar-refractivity contribution < 1.29 is 0 Å². The second-order valence-electron chi connectivity index (χ2n) is 3.28. The molecule has 0 aliphatic rings. The quantitative estimate of drug-likeness (QED) is 0.600. The fourth-order valence-electron chi connectivity index (χ4n) is 1.48. The normalized spacial score (nSPS) is 10.0. The van der Waals surface area contributed by atoms with Crippen LogP contribution in [0, 0.1) is 12.3 Å². The minimum Gasteiger partial charge on any atom is -0.264 e. The third kappa shape index (κ3) is 2.07. The lowest BCUT2D eigenvalue weighted by atomic mass is 10.1. The molecule has 0 aliphatic carbocycles. The Labute approximate surface area is 99.1 Å². The van der Waals surface area contributed by atoms with E-state index in [0.717, 1.165) is 16.8 Å². The number of aromatic nitrogens is 3. The zero-order valence-electron chi connectivity index (χ0n) is 8.60. The van der Waals surface area contributed by atoms with E-state index in [-0.39, 0.29) is 0 Å². The maximum atomic E-state index is 5.87. The summed E-state index contributed by atoms with van der Waals surface area (Å²) in [5, 5.41) is 4.39. The third-order valence-electron chi connectivity index (χ3n) is 2.17. The van der Waals surface area contributed by atoms with E-state index in [4.69, 9.17) is 18.0 Å². The molecular formula is C12H10ClN3. The second-order valence-corrected chi connectivity index (χ2v) is 3.55. The average molecular weight is 232 g/mol. The Hall–Kier alpha value is -1.79. The van der Waals surface area contributed by atoms with Crippen molar-refractivity contribution in [2.45, 2.75) is 12.4 Å². The van der Waals surface area contributed by atoms with Crippen LogP contribution in [0.15, 0.2) is 30.7 Å². The van der Waals surface area contributed by atoms with Crippen LogP contribution in [0.4, 0.5) is 0 Å². The highest BCUT2D eigenvalue weighted by Crippen LogP contribution is 2.22. The number of hydrogen-bond donors (Lipinski definition) is 0. The maximum absolute atomic E-state index is 5.87. The Morgan fingerprint density at radius 3 is 3.00 bits per heavy atom. The van der Waals surface area contributed by atoms with Gasteiger partial charge in [0.2, 0.25) is 0 Å². The zero-order valence-corrected chi connectivity index (χ0v) is 9.35. The van der Waals surface area contributed by atoms with E-state index in [1.807, 2.05) is 18.3 Å². The van der Waals surface area contributed by atoms with Crippen LogP contribution in [0.5, 0.6) is 0 Å². The molecule has 0 radical (unpaired) electrons. The van der Waals surface area contributed by atoms with Crippen molar-refractivity contribution in [2.24, 2.45) is 0 Å². The van der Waals surface area contributed by atoms with Crippen LogP contribution in [0.1, 0.15) is 5.56 Å². The van der Waals surface area contributed by atoms with Crippen LogP contribution >= 0.6 is 11.6 Å². The lowest BCUT2D eigenvalue weighted by Gasteiger charge is -1.97. The van der Waals surface area contributed by atoms with E-state index < -0.39 is 0 Å². The van der Waals surface area contributed by atoms with Crippen LogP contribution in [-0.4, -0.2) is 14.8 Å². The first-order chi connectivity index (χ1) is 7.85. The van der Waals surface area contributed by atoms with Gasteiger partial charge in [0.05, 0.1) is 11.6 Å². The summed E-state index contributed by atoms with van der Waals surface area (Å²) in [6, 6.07) is 3.82. The number of halogens is 1. The second kappa shape index (κ2) is 4.82. The van der Waals surface area contributed by atoms with E-state index in [1.165, 1.54) is 0 Å². The Morgan fingerprint density at radius 2 is 2.38 bits per heavy atom. The number of terminal acetylenes is 1. The molecule has 0 aliphatic heterocycles. The molecule has 0 aromatic carbocycles. The number of alkyl halides is 1. The molecule has 3 nitrogen and oxygen atoms in total. The van der Waals surface area contributed by atoms with E-state index in [1.54, 1.807) is 17.1 Å². The fourth-order valence-corrected chi connectivity index (χ4v) is 1.68. The van der Waals surface area contributed by atoms with Crippen LogP contribution in [0.25, 0.3) is 11.3 Å². The molecule has 80 valence electrons. The molecule has 2 aromatic heterocycles. The van der Waals surface area contributed by atoms with Gasteiger partial charge in [-0.2, -0.15) is 5.10 Å². The van der Waals surface area contributed by atoms with Gasteiger partial charge in [-0.25, -0.2) is 0 Å². The van der Waals surface area contributed by atoms with Crippen LogP contribution in [0.3, 0.4) is 0 Å². The molecule has 0 amide bonds. The van der Waals surface area contributed by atoms with Gasteiger partial charge in [0.15, 0.2) is 0 Å². The Kier molecular flexibility index (Phi) is 3.23. The largest absolute Gasteiger partial charge is 0.264 e. The van der Waals surface area contributed by atoms with Crippen molar-refractivity contribution in [1.29, 1.82) is 0 Å². The predicted molar refractivity (Wildman–Crippen MR) is 63.8 cm³/mol. The van der Waals surface area contributed by atoms with Gasteiger partial charge < -0.3 is 0 Å². The van der Waals surface area contributed by atoms with E-state index in [9.17, 15) is 0 Å². The van der Waals surface area contributed by atoms with Crippen molar-refractivity contribution in [3.63, 3.8) is 0 Å². The monoisotopic (exact) mass is 231 g/mol. The first-order valence-electron chi connectivity index (χ1n) is 4.81. The summed E-state index contributed by atoms with van der Waals surface area (Å²) in [4.78, 5) is 4.06. The molecule has 4 heteroatoms. The molecule has 0 saturated carbocycles. The predicted octanol–water partition coefficient (Wildman–Crippen LogP) is 2.32. The average Bonchev–Trinajstić information content (AvgIpc) is 2.74. The highest BCUT2D eigenvalue weighted by molar-refractivity contribution is 6.17. The Morgan fingerprint density at radius 1 is 1.50 bits per heavy atom. The van der Waals surface area contributed by atoms with Crippen molar-refractivity contribution >= 4 is 11.6 Å². The highest BCUT2D eigenvalue weighted by atomic mass is 35.5. The topological polar surface area (TPSA) is 30.7 Å². The molecule has 0 spiro atoms. The summed E-state index contributed by atoms with van der Waals surface area (Å²) in [6.07, 6.45) is 10.6. The van der Waals surface area contributed by atoms with Gasteiger partial charge in [0, 0.05) is 29.7 Å². The lowest BCUT2D eigenvalue weighted by Crippen LogP contribution is -1.95. The molecule has 16 heavy (non-hydrogen) atoms. The first kappa shape index (κ1) is 10.7. The van der Waals surface area contributed by atoms with Crippen molar-refractivity contribution in [3.05, 3.63) is 36.3 Å². The molecule has 2 heterocycles. The Balaban J connectivity index is 2.44. The molecule has 2 rings (SSSR count). The van der Waals surface area contributed by atoms with E-state index in [0.29, 0.717) is 12.4 Å². The van der Waals surface area contributed by atoms with Crippen LogP contribution in [0.2, 0.25) is 0 Å². The molecule has 0 atom stereocenters. The minimum atomic E-state index is 0.412. The van der Waals surface area contributed by atoms with Gasteiger partial charge in [-0.15, -0.1) is 18.0 Å². The van der Waals surface area contributed by atoms with Crippen molar-refractivity contribution in [1.82, 2.24) is 14.8 Å². The van der Waals surface area contributed by atoms with Crippen LogP contribution < -0.4 is 0 Å². The molecule has 0 fully saturated rings. The molecule has 0 N–H and O–H groups in total. The number of nitrogens with zero attached hydrogens (tertiary/aromatic N) is 3. The molecule has 2 aromatic rings. The summed E-state index contributed by atoms with van der Waals surface area (Å²) in [6.45, 7) is 0.449. The zero-order chi connectivity index (χ0) is 11.4. The lowest BCUT2D eigenvalue weighted by molar-refractivity contribution is 0.717. The number of pyridine rings is 1. The highest BCUT2D eigenvalue weighted by Gasteiger charge is 2.09. The fraction of sp³-hybridized carbons (Fsp3) is 0.167. The van der Waals surface area contributed by atoms with Gasteiger partial charge in [-0.05, 0) is 12.1 Å². The van der Waals surface area contributed by atoms with Crippen molar-refractivity contribution in [2.75, 3.05) is 0 Å². The van der Waals surface area contributed by atoms with Gasteiger partial charge >= 0.3 is 0 Å².